The van der Waals surface area contributed by atoms with Crippen molar-refractivity contribution in [2.24, 2.45) is 0 Å². The second-order valence-electron chi connectivity index (χ2n) is 4.78. The van der Waals surface area contributed by atoms with Crippen LogP contribution < -0.4 is 0 Å². The van der Waals surface area contributed by atoms with Crippen LogP contribution in [0, 0.1) is 0 Å². The molecule has 0 spiro atoms. The van der Waals surface area contributed by atoms with E-state index >= 15 is 0 Å². The van der Waals surface area contributed by atoms with Crippen LogP contribution in [0.4, 0.5) is 0 Å². The summed E-state index contributed by atoms with van der Waals surface area (Å²) in [4.78, 5) is 10.3. The number of nitrogens with zero attached hydrogens (tertiary/aromatic N) is 3. The predicted octanol–water partition coefficient (Wildman–Crippen LogP) is 0.373. The minimum Gasteiger partial charge on any atom is -0.386 e. The van der Waals surface area contributed by atoms with Gasteiger partial charge in [0.1, 0.15) is 18.5 Å². The van der Waals surface area contributed by atoms with Gasteiger partial charge in [-0.3, -0.25) is 4.90 Å². The molecule has 0 bridgehead atoms. The van der Waals surface area contributed by atoms with Crippen molar-refractivity contribution in [3.05, 3.63) is 24.3 Å². The number of aliphatic hydroxyl groups excluding tert-OH is 1. The van der Waals surface area contributed by atoms with Gasteiger partial charge in [-0.1, -0.05) is 0 Å². The maximum absolute atomic E-state index is 10.2. The van der Waals surface area contributed by atoms with E-state index in [0.29, 0.717) is 6.04 Å². The monoisotopic (exact) mass is 235 g/mol. The van der Waals surface area contributed by atoms with Gasteiger partial charge in [-0.05, 0) is 19.4 Å². The Morgan fingerprint density at radius 2 is 2.24 bits per heavy atom. The summed E-state index contributed by atoms with van der Waals surface area (Å²) in [5.74, 6) is 0. The van der Waals surface area contributed by atoms with Crippen LogP contribution in [0.2, 0.25) is 0 Å². The molecular weight excluding hydrogens is 218 g/mol. The van der Waals surface area contributed by atoms with Crippen molar-refractivity contribution < 1.29 is 9.84 Å². The third-order valence-electron chi connectivity index (χ3n) is 3.69. The topological polar surface area (TPSA) is 58.5 Å². The van der Waals surface area contributed by atoms with E-state index in [4.69, 9.17) is 4.74 Å². The van der Waals surface area contributed by atoms with E-state index < -0.39 is 6.10 Å². The summed E-state index contributed by atoms with van der Waals surface area (Å²) in [5, 5.41) is 10.2. The van der Waals surface area contributed by atoms with Gasteiger partial charge in [-0.15, -0.1) is 0 Å². The van der Waals surface area contributed by atoms with Crippen LogP contribution in [-0.4, -0.2) is 51.8 Å². The molecule has 5 heteroatoms. The molecule has 3 rings (SSSR count). The van der Waals surface area contributed by atoms with E-state index in [1.54, 1.807) is 12.4 Å². The van der Waals surface area contributed by atoms with Crippen molar-refractivity contribution in [1.29, 1.82) is 0 Å². The van der Waals surface area contributed by atoms with Crippen LogP contribution in [0.3, 0.4) is 0 Å². The van der Waals surface area contributed by atoms with Crippen LogP contribution >= 0.6 is 0 Å². The molecule has 0 radical (unpaired) electrons. The van der Waals surface area contributed by atoms with Gasteiger partial charge in [0.05, 0.1) is 6.61 Å². The second-order valence-corrected chi connectivity index (χ2v) is 4.78. The molecule has 2 saturated heterocycles. The SMILES string of the molecule is OC(c1cncnc1)C1CN2CCCC2CO1. The molecule has 0 aliphatic carbocycles. The Balaban J connectivity index is 1.69. The van der Waals surface area contributed by atoms with Gasteiger partial charge in [-0.2, -0.15) is 0 Å². The standard InChI is InChI=1S/C12H17N3O2/c16-12(9-4-13-8-14-5-9)11-6-15-3-1-2-10(15)7-17-11/h4-5,8,10-12,16H,1-3,6-7H2. The summed E-state index contributed by atoms with van der Waals surface area (Å²) < 4.78 is 5.76. The van der Waals surface area contributed by atoms with E-state index in [1.165, 1.54) is 19.2 Å². The van der Waals surface area contributed by atoms with Gasteiger partial charge in [0.25, 0.3) is 0 Å². The molecular formula is C12H17N3O2. The maximum atomic E-state index is 10.2. The molecule has 92 valence electrons. The van der Waals surface area contributed by atoms with Crippen molar-refractivity contribution in [2.75, 3.05) is 19.7 Å². The largest absolute Gasteiger partial charge is 0.386 e. The molecule has 0 amide bonds. The first-order valence-electron chi connectivity index (χ1n) is 6.13. The van der Waals surface area contributed by atoms with E-state index in [-0.39, 0.29) is 6.10 Å². The molecule has 3 atom stereocenters. The Labute approximate surface area is 100 Å². The summed E-state index contributed by atoms with van der Waals surface area (Å²) in [6, 6.07) is 0.561. The Morgan fingerprint density at radius 1 is 1.41 bits per heavy atom. The number of aromatic nitrogens is 2. The minimum atomic E-state index is -0.627. The Bertz CT molecular complexity index is 373. The summed E-state index contributed by atoms with van der Waals surface area (Å²) in [7, 11) is 0. The Kier molecular flexibility index (Phi) is 3.05. The normalized spacial score (nSPS) is 31.1. The average molecular weight is 235 g/mol. The highest BCUT2D eigenvalue weighted by atomic mass is 16.5. The number of fused-ring (bicyclic) bond motifs is 1. The van der Waals surface area contributed by atoms with Crippen LogP contribution in [0.5, 0.6) is 0 Å². The molecule has 3 unspecified atom stereocenters. The Hall–Kier alpha value is -1.04. The van der Waals surface area contributed by atoms with E-state index in [1.807, 2.05) is 0 Å². The van der Waals surface area contributed by atoms with Crippen molar-refractivity contribution in [2.45, 2.75) is 31.1 Å². The van der Waals surface area contributed by atoms with Crippen LogP contribution in [0.15, 0.2) is 18.7 Å². The lowest BCUT2D eigenvalue weighted by Gasteiger charge is -2.37. The molecule has 1 N–H and O–H groups in total. The quantitative estimate of drug-likeness (QED) is 0.802. The van der Waals surface area contributed by atoms with Crippen molar-refractivity contribution >= 4 is 0 Å². The van der Waals surface area contributed by atoms with Gasteiger partial charge in [0, 0.05) is 30.5 Å². The summed E-state index contributed by atoms with van der Waals surface area (Å²) >= 11 is 0. The highest BCUT2D eigenvalue weighted by Crippen LogP contribution is 2.28. The molecule has 1 aromatic heterocycles. The number of ether oxygens (including phenoxy) is 1. The number of morpholine rings is 1. The number of hydrogen-bond donors (Lipinski definition) is 1. The molecule has 5 nitrogen and oxygen atoms in total. The lowest BCUT2D eigenvalue weighted by molar-refractivity contribution is -0.104. The Morgan fingerprint density at radius 3 is 3.06 bits per heavy atom. The first kappa shape index (κ1) is 11.1. The second kappa shape index (κ2) is 4.68. The predicted molar refractivity (Wildman–Crippen MR) is 61.3 cm³/mol. The molecule has 3 heterocycles. The molecule has 0 aromatic carbocycles. The zero-order valence-corrected chi connectivity index (χ0v) is 9.70. The molecule has 2 fully saturated rings. The third kappa shape index (κ3) is 2.18. The van der Waals surface area contributed by atoms with Gasteiger partial charge in [0.15, 0.2) is 0 Å². The molecule has 2 aliphatic heterocycles. The van der Waals surface area contributed by atoms with Gasteiger partial charge in [0.2, 0.25) is 0 Å². The lowest BCUT2D eigenvalue weighted by Crippen LogP contribution is -2.48. The van der Waals surface area contributed by atoms with E-state index in [2.05, 4.69) is 14.9 Å². The fraction of sp³-hybridized carbons (Fsp3) is 0.667. The van der Waals surface area contributed by atoms with Crippen LogP contribution in [0.25, 0.3) is 0 Å². The zero-order valence-electron chi connectivity index (χ0n) is 9.70. The number of aliphatic hydroxyl groups is 1. The summed E-state index contributed by atoms with van der Waals surface area (Å²) in [5.41, 5.74) is 0.732. The first-order chi connectivity index (χ1) is 8.34. The minimum absolute atomic E-state index is 0.157. The van der Waals surface area contributed by atoms with E-state index in [9.17, 15) is 5.11 Å². The highest BCUT2D eigenvalue weighted by molar-refractivity contribution is 5.09. The third-order valence-corrected chi connectivity index (χ3v) is 3.69. The van der Waals surface area contributed by atoms with Crippen LogP contribution in [-0.2, 0) is 4.74 Å². The highest BCUT2D eigenvalue weighted by Gasteiger charge is 2.35. The lowest BCUT2D eigenvalue weighted by atomic mass is 10.1. The maximum Gasteiger partial charge on any atom is 0.115 e. The number of hydrogen-bond acceptors (Lipinski definition) is 5. The fourth-order valence-electron chi connectivity index (χ4n) is 2.71. The van der Waals surface area contributed by atoms with Gasteiger partial charge < -0.3 is 9.84 Å². The fourth-order valence-corrected chi connectivity index (χ4v) is 2.71. The molecule has 0 saturated carbocycles. The van der Waals surface area contributed by atoms with Crippen molar-refractivity contribution in [3.63, 3.8) is 0 Å². The smallest absolute Gasteiger partial charge is 0.115 e. The van der Waals surface area contributed by atoms with Crippen molar-refractivity contribution in [3.8, 4) is 0 Å². The summed E-state index contributed by atoms with van der Waals surface area (Å²) in [6.07, 6.45) is 6.44. The van der Waals surface area contributed by atoms with E-state index in [0.717, 1.165) is 25.3 Å². The molecule has 1 aromatic rings. The van der Waals surface area contributed by atoms with Crippen LogP contribution in [0.1, 0.15) is 24.5 Å². The van der Waals surface area contributed by atoms with Crippen molar-refractivity contribution in [1.82, 2.24) is 14.9 Å². The molecule has 17 heavy (non-hydrogen) atoms. The molecule has 2 aliphatic rings. The summed E-state index contributed by atoms with van der Waals surface area (Å²) in [6.45, 7) is 2.67. The number of rotatable bonds is 2. The van der Waals surface area contributed by atoms with Gasteiger partial charge >= 0.3 is 0 Å². The van der Waals surface area contributed by atoms with Gasteiger partial charge in [-0.25, -0.2) is 9.97 Å². The first-order valence-corrected chi connectivity index (χ1v) is 6.13. The zero-order chi connectivity index (χ0) is 11.7. The average Bonchev–Trinajstić information content (AvgIpc) is 2.86.